The first-order valence-electron chi connectivity index (χ1n) is 7.56. The first-order valence-corrected chi connectivity index (χ1v) is 7.56. The predicted octanol–water partition coefficient (Wildman–Crippen LogP) is 3.36. The van der Waals surface area contributed by atoms with Crippen molar-refractivity contribution >= 4 is 11.0 Å². The molecular weight excluding hydrogens is 253 g/mol. The van der Waals surface area contributed by atoms with Gasteiger partial charge in [0.05, 0.1) is 11.0 Å². The van der Waals surface area contributed by atoms with Gasteiger partial charge < -0.3 is 10.3 Å². The lowest BCUT2D eigenvalue weighted by Crippen LogP contribution is -2.39. The average Bonchev–Trinajstić information content (AvgIpc) is 2.86. The highest BCUT2D eigenvalue weighted by atomic mass is 19.1. The number of hydrogen-bond acceptors (Lipinski definition) is 2. The second-order valence-electron chi connectivity index (χ2n) is 5.86. The molecule has 0 atom stereocenters. The maximum Gasteiger partial charge on any atom is 0.125 e. The Balaban J connectivity index is 2.19. The van der Waals surface area contributed by atoms with Crippen molar-refractivity contribution in [3.8, 4) is 0 Å². The Labute approximate surface area is 119 Å². The molecular formula is C16H22FN3. The van der Waals surface area contributed by atoms with Crippen molar-refractivity contribution in [3.63, 3.8) is 0 Å². The van der Waals surface area contributed by atoms with Crippen LogP contribution in [0.5, 0.6) is 0 Å². The van der Waals surface area contributed by atoms with Crippen LogP contribution in [0.3, 0.4) is 0 Å². The first-order chi connectivity index (χ1) is 9.70. The van der Waals surface area contributed by atoms with Gasteiger partial charge in [-0.2, -0.15) is 0 Å². The summed E-state index contributed by atoms with van der Waals surface area (Å²) in [6.07, 6.45) is 5.88. The quantitative estimate of drug-likeness (QED) is 0.933. The molecule has 0 amide bonds. The van der Waals surface area contributed by atoms with E-state index in [1.54, 1.807) is 12.1 Å². The molecule has 0 radical (unpaired) electrons. The minimum atomic E-state index is -0.205. The molecule has 0 spiro atoms. The topological polar surface area (TPSA) is 43.8 Å². The Morgan fingerprint density at radius 1 is 1.30 bits per heavy atom. The zero-order valence-electron chi connectivity index (χ0n) is 12.0. The maximum atomic E-state index is 13.5. The number of rotatable bonds is 3. The number of aryl methyl sites for hydroxylation is 1. The fraction of sp³-hybridized carbons (Fsp3) is 0.562. The van der Waals surface area contributed by atoms with Crippen LogP contribution in [0.4, 0.5) is 4.39 Å². The summed E-state index contributed by atoms with van der Waals surface area (Å²) in [6.45, 7) is 3.51. The van der Waals surface area contributed by atoms with Crippen LogP contribution in [0.1, 0.15) is 44.9 Å². The molecule has 0 aliphatic heterocycles. The maximum absolute atomic E-state index is 13.5. The van der Waals surface area contributed by atoms with E-state index in [2.05, 4.69) is 11.5 Å². The molecule has 20 heavy (non-hydrogen) atoms. The summed E-state index contributed by atoms with van der Waals surface area (Å²) in [7, 11) is 0. The average molecular weight is 275 g/mol. The Morgan fingerprint density at radius 3 is 2.70 bits per heavy atom. The minimum absolute atomic E-state index is 0.0241. The summed E-state index contributed by atoms with van der Waals surface area (Å²) in [5.41, 5.74) is 7.86. The van der Waals surface area contributed by atoms with Crippen LogP contribution in [-0.4, -0.2) is 16.1 Å². The molecule has 2 N–H and O–H groups in total. The van der Waals surface area contributed by atoms with Gasteiger partial charge in [0.2, 0.25) is 0 Å². The molecule has 0 saturated heterocycles. The number of nitrogens with zero attached hydrogens (tertiary/aromatic N) is 2. The molecule has 1 aliphatic carbocycles. The SMILES string of the molecule is CCn1c(C2(CN)CCCCC2)nc2ccc(F)cc21. The fourth-order valence-electron chi connectivity index (χ4n) is 3.57. The van der Waals surface area contributed by atoms with Crippen molar-refractivity contribution in [3.05, 3.63) is 29.8 Å². The third-order valence-corrected chi connectivity index (χ3v) is 4.70. The lowest BCUT2D eigenvalue weighted by atomic mass is 9.73. The van der Waals surface area contributed by atoms with E-state index < -0.39 is 0 Å². The summed E-state index contributed by atoms with van der Waals surface area (Å²) >= 11 is 0. The third-order valence-electron chi connectivity index (χ3n) is 4.70. The van der Waals surface area contributed by atoms with E-state index in [9.17, 15) is 4.39 Å². The molecule has 1 heterocycles. The Morgan fingerprint density at radius 2 is 2.05 bits per heavy atom. The lowest BCUT2D eigenvalue weighted by molar-refractivity contribution is 0.278. The summed E-state index contributed by atoms with van der Waals surface area (Å²) < 4.78 is 15.7. The first kappa shape index (κ1) is 13.6. The molecule has 3 nitrogen and oxygen atoms in total. The number of aromatic nitrogens is 2. The standard InChI is InChI=1S/C16H22FN3/c1-2-20-14-10-12(17)6-7-13(14)19-15(20)16(11-18)8-4-3-5-9-16/h6-7,10H,2-5,8-9,11,18H2,1H3. The number of hydrogen-bond donors (Lipinski definition) is 1. The second kappa shape index (κ2) is 5.17. The molecule has 1 aliphatic rings. The van der Waals surface area contributed by atoms with Crippen LogP contribution in [0.25, 0.3) is 11.0 Å². The van der Waals surface area contributed by atoms with Gasteiger partial charge in [-0.25, -0.2) is 9.37 Å². The number of benzene rings is 1. The van der Waals surface area contributed by atoms with Crippen LogP contribution < -0.4 is 5.73 Å². The van der Waals surface area contributed by atoms with Crippen LogP contribution in [0, 0.1) is 5.82 Å². The molecule has 108 valence electrons. The summed E-state index contributed by atoms with van der Waals surface area (Å²) in [6, 6.07) is 4.84. The van der Waals surface area contributed by atoms with Crippen molar-refractivity contribution in [1.82, 2.24) is 9.55 Å². The molecule has 4 heteroatoms. The van der Waals surface area contributed by atoms with Gasteiger partial charge in [-0.15, -0.1) is 0 Å². The van der Waals surface area contributed by atoms with Crippen molar-refractivity contribution in [1.29, 1.82) is 0 Å². The smallest absolute Gasteiger partial charge is 0.125 e. The lowest BCUT2D eigenvalue weighted by Gasteiger charge is -2.35. The van der Waals surface area contributed by atoms with E-state index in [4.69, 9.17) is 10.7 Å². The highest BCUT2D eigenvalue weighted by molar-refractivity contribution is 5.76. The fourth-order valence-corrected chi connectivity index (χ4v) is 3.57. The molecule has 2 aromatic rings. The van der Waals surface area contributed by atoms with E-state index in [-0.39, 0.29) is 11.2 Å². The predicted molar refractivity (Wildman–Crippen MR) is 79.2 cm³/mol. The largest absolute Gasteiger partial charge is 0.329 e. The minimum Gasteiger partial charge on any atom is -0.329 e. The molecule has 1 saturated carbocycles. The molecule has 0 unspecified atom stereocenters. The van der Waals surface area contributed by atoms with Gasteiger partial charge in [-0.05, 0) is 38.0 Å². The molecule has 3 rings (SSSR count). The summed E-state index contributed by atoms with van der Waals surface area (Å²) in [5.74, 6) is 0.854. The normalized spacial score (nSPS) is 18.6. The van der Waals surface area contributed by atoms with Crippen LogP contribution in [0.2, 0.25) is 0 Å². The Bertz CT molecular complexity index is 611. The molecule has 0 bridgehead atoms. The van der Waals surface area contributed by atoms with Crippen LogP contribution >= 0.6 is 0 Å². The van der Waals surface area contributed by atoms with E-state index in [1.165, 1.54) is 25.3 Å². The van der Waals surface area contributed by atoms with Gasteiger partial charge in [0.15, 0.2) is 0 Å². The monoisotopic (exact) mass is 275 g/mol. The van der Waals surface area contributed by atoms with Gasteiger partial charge in [0.1, 0.15) is 11.6 Å². The molecule has 1 aromatic heterocycles. The molecule has 1 aromatic carbocycles. The Kier molecular flexibility index (Phi) is 3.50. The van der Waals surface area contributed by atoms with Crippen molar-refractivity contribution in [2.75, 3.05) is 6.54 Å². The number of imidazole rings is 1. The zero-order chi connectivity index (χ0) is 14.2. The van der Waals surface area contributed by atoms with E-state index in [0.29, 0.717) is 6.54 Å². The molecule has 1 fully saturated rings. The van der Waals surface area contributed by atoms with E-state index in [1.807, 2.05) is 0 Å². The number of nitrogens with two attached hydrogens (primary N) is 1. The van der Waals surface area contributed by atoms with Crippen molar-refractivity contribution in [2.24, 2.45) is 5.73 Å². The second-order valence-corrected chi connectivity index (χ2v) is 5.86. The summed E-state index contributed by atoms with van der Waals surface area (Å²) in [5, 5.41) is 0. The van der Waals surface area contributed by atoms with Gasteiger partial charge >= 0.3 is 0 Å². The van der Waals surface area contributed by atoms with Gasteiger partial charge in [0, 0.05) is 18.5 Å². The highest BCUT2D eigenvalue weighted by Gasteiger charge is 2.37. The van der Waals surface area contributed by atoms with Crippen LogP contribution in [-0.2, 0) is 12.0 Å². The van der Waals surface area contributed by atoms with Crippen LogP contribution in [0.15, 0.2) is 18.2 Å². The summed E-state index contributed by atoms with van der Waals surface area (Å²) in [4.78, 5) is 4.81. The van der Waals surface area contributed by atoms with Crippen molar-refractivity contribution < 1.29 is 4.39 Å². The zero-order valence-corrected chi connectivity index (χ0v) is 12.0. The van der Waals surface area contributed by atoms with Gasteiger partial charge in [-0.1, -0.05) is 19.3 Å². The van der Waals surface area contributed by atoms with Crippen molar-refractivity contribution in [2.45, 2.75) is 51.0 Å². The number of halogens is 1. The van der Waals surface area contributed by atoms with Gasteiger partial charge in [0.25, 0.3) is 0 Å². The third kappa shape index (κ3) is 2.03. The highest BCUT2D eigenvalue weighted by Crippen LogP contribution is 2.39. The number of fused-ring (bicyclic) bond motifs is 1. The van der Waals surface area contributed by atoms with E-state index in [0.717, 1.165) is 36.2 Å². The van der Waals surface area contributed by atoms with Gasteiger partial charge in [-0.3, -0.25) is 0 Å². The Hall–Kier alpha value is -1.42. The van der Waals surface area contributed by atoms with E-state index >= 15 is 0 Å².